The first kappa shape index (κ1) is 35.5. The van der Waals surface area contributed by atoms with Crippen LogP contribution < -0.4 is 10.9 Å². The first-order valence-corrected chi connectivity index (χ1v) is 20.6. The number of hydrogen-bond donors (Lipinski definition) is 2. The maximum atomic E-state index is 14.0. The van der Waals surface area contributed by atoms with Crippen LogP contribution in [0.2, 0.25) is 25.7 Å². The number of nitrogens with zero attached hydrogens (tertiary/aromatic N) is 6. The van der Waals surface area contributed by atoms with Gasteiger partial charge in [0.15, 0.2) is 0 Å². The van der Waals surface area contributed by atoms with E-state index in [0.29, 0.717) is 48.4 Å². The SMILES string of the molecule is CN1CCN(C(=O)c2ccc3c(c2)cc(-c2cc(C(=O)Nc4cnn(Cc5ccccc5)c4)cn(COCC[Si](C)(C)C)c2=O)n3C(=O)O)CC1. The van der Waals surface area contributed by atoms with Crippen LogP contribution in [0.1, 0.15) is 26.3 Å². The fourth-order valence-corrected chi connectivity index (χ4v) is 6.77. The van der Waals surface area contributed by atoms with Crippen molar-refractivity contribution in [1.82, 2.24) is 28.7 Å². The van der Waals surface area contributed by atoms with E-state index in [-0.39, 0.29) is 29.5 Å². The molecule has 0 saturated carbocycles. The molecule has 1 aliphatic heterocycles. The van der Waals surface area contributed by atoms with Crippen LogP contribution in [0.5, 0.6) is 0 Å². The summed E-state index contributed by atoms with van der Waals surface area (Å²) in [6.07, 6.45) is 3.37. The van der Waals surface area contributed by atoms with Gasteiger partial charge in [-0.1, -0.05) is 50.0 Å². The highest BCUT2D eigenvalue weighted by Crippen LogP contribution is 2.29. The fraction of sp³-hybridized carbons (Fsp3) is 0.324. The van der Waals surface area contributed by atoms with Gasteiger partial charge in [0.1, 0.15) is 6.73 Å². The highest BCUT2D eigenvalue weighted by atomic mass is 28.3. The largest absolute Gasteiger partial charge is 0.464 e. The third-order valence-corrected chi connectivity index (χ3v) is 10.7. The van der Waals surface area contributed by atoms with E-state index in [1.807, 2.05) is 37.4 Å². The van der Waals surface area contributed by atoms with E-state index in [4.69, 9.17) is 4.74 Å². The molecule has 266 valence electrons. The molecule has 1 fully saturated rings. The number of benzene rings is 2. The Morgan fingerprint density at radius 2 is 1.69 bits per heavy atom. The topological polar surface area (TPSA) is 144 Å². The Bertz CT molecular complexity index is 2120. The summed E-state index contributed by atoms with van der Waals surface area (Å²) in [5.74, 6) is -0.650. The maximum absolute atomic E-state index is 14.0. The Balaban J connectivity index is 1.35. The number of likely N-dealkylation sites (N-methyl/N-ethyl adjacent to an activating group) is 1. The lowest BCUT2D eigenvalue weighted by Crippen LogP contribution is -2.47. The van der Waals surface area contributed by atoms with Gasteiger partial charge in [0.2, 0.25) is 0 Å². The normalized spacial score (nSPS) is 13.8. The molecule has 0 unspecified atom stereocenters. The predicted octanol–water partition coefficient (Wildman–Crippen LogP) is 5.19. The van der Waals surface area contributed by atoms with Gasteiger partial charge in [-0.2, -0.15) is 5.10 Å². The Labute approximate surface area is 296 Å². The summed E-state index contributed by atoms with van der Waals surface area (Å²) < 4.78 is 9.92. The monoisotopic (exact) mass is 709 g/mol. The number of amides is 2. The first-order valence-electron chi connectivity index (χ1n) is 16.9. The minimum absolute atomic E-state index is 0.00163. The molecule has 3 aromatic heterocycles. The summed E-state index contributed by atoms with van der Waals surface area (Å²) in [6.45, 7) is 10.2. The van der Waals surface area contributed by atoms with Crippen LogP contribution in [0.25, 0.3) is 22.2 Å². The number of rotatable bonds is 11. The zero-order valence-corrected chi connectivity index (χ0v) is 30.3. The van der Waals surface area contributed by atoms with Crippen LogP contribution in [0.15, 0.2) is 84.0 Å². The van der Waals surface area contributed by atoms with Gasteiger partial charge >= 0.3 is 6.09 Å². The number of carbonyl (C=O) groups is 3. The molecular formula is C37H43N7O6Si. The molecule has 5 aromatic rings. The van der Waals surface area contributed by atoms with E-state index in [1.54, 1.807) is 46.2 Å². The summed E-state index contributed by atoms with van der Waals surface area (Å²) in [5.41, 5.74) is 1.93. The van der Waals surface area contributed by atoms with Gasteiger partial charge < -0.3 is 25.0 Å². The number of nitrogens with one attached hydrogen (secondary N) is 1. The molecule has 4 heterocycles. The molecule has 1 aliphatic rings. The van der Waals surface area contributed by atoms with Crippen molar-refractivity contribution in [2.75, 3.05) is 45.2 Å². The van der Waals surface area contributed by atoms with Crippen molar-refractivity contribution in [3.8, 4) is 11.3 Å². The Morgan fingerprint density at radius 3 is 2.39 bits per heavy atom. The summed E-state index contributed by atoms with van der Waals surface area (Å²) in [5, 5.41) is 18.1. The number of fused-ring (bicyclic) bond motifs is 1. The molecule has 1 saturated heterocycles. The van der Waals surface area contributed by atoms with Gasteiger partial charge in [0.25, 0.3) is 17.4 Å². The van der Waals surface area contributed by atoms with Crippen molar-refractivity contribution < 1.29 is 24.2 Å². The third kappa shape index (κ3) is 8.36. The molecule has 6 rings (SSSR count). The molecule has 0 spiro atoms. The van der Waals surface area contributed by atoms with Crippen molar-refractivity contribution in [3.63, 3.8) is 0 Å². The minimum Gasteiger partial charge on any atom is -0.464 e. The van der Waals surface area contributed by atoms with Gasteiger partial charge in [-0.25, -0.2) is 9.36 Å². The number of piperazine rings is 1. The number of hydrogen-bond acceptors (Lipinski definition) is 7. The second kappa shape index (κ2) is 14.9. The number of ether oxygens (including phenoxy) is 1. The molecule has 0 atom stereocenters. The molecule has 14 heteroatoms. The van der Waals surface area contributed by atoms with Crippen molar-refractivity contribution >= 4 is 42.6 Å². The molecule has 2 aromatic carbocycles. The smallest absolute Gasteiger partial charge is 0.416 e. The lowest BCUT2D eigenvalue weighted by molar-refractivity contribution is 0.0664. The van der Waals surface area contributed by atoms with Crippen molar-refractivity contribution in [2.24, 2.45) is 0 Å². The van der Waals surface area contributed by atoms with Crippen LogP contribution in [0.3, 0.4) is 0 Å². The Hall–Kier alpha value is -5.31. The zero-order chi connectivity index (χ0) is 36.3. The molecule has 0 radical (unpaired) electrons. The molecule has 2 N–H and O–H groups in total. The first-order chi connectivity index (χ1) is 24.4. The summed E-state index contributed by atoms with van der Waals surface area (Å²) in [7, 11) is 0.595. The van der Waals surface area contributed by atoms with Crippen molar-refractivity contribution in [2.45, 2.75) is 39.0 Å². The summed E-state index contributed by atoms with van der Waals surface area (Å²) in [6, 6.07) is 18.5. The molecule has 51 heavy (non-hydrogen) atoms. The van der Waals surface area contributed by atoms with Crippen LogP contribution >= 0.6 is 0 Å². The van der Waals surface area contributed by atoms with E-state index < -0.39 is 25.6 Å². The maximum Gasteiger partial charge on any atom is 0.416 e. The fourth-order valence-electron chi connectivity index (χ4n) is 6.01. The van der Waals surface area contributed by atoms with Crippen LogP contribution in [-0.2, 0) is 18.0 Å². The number of carbonyl (C=O) groups excluding carboxylic acids is 2. The second-order valence-corrected chi connectivity index (χ2v) is 19.8. The molecule has 0 bridgehead atoms. The zero-order valence-electron chi connectivity index (χ0n) is 29.3. The van der Waals surface area contributed by atoms with E-state index in [2.05, 4.69) is 35.0 Å². The average Bonchev–Trinajstić information content (AvgIpc) is 3.71. The highest BCUT2D eigenvalue weighted by Gasteiger charge is 2.25. The van der Waals surface area contributed by atoms with Crippen LogP contribution in [0, 0.1) is 0 Å². The van der Waals surface area contributed by atoms with Gasteiger partial charge in [-0.05, 0) is 49.0 Å². The van der Waals surface area contributed by atoms with Crippen LogP contribution in [-0.4, -0.2) is 99.6 Å². The number of pyridine rings is 1. The van der Waals surface area contributed by atoms with Crippen molar-refractivity contribution in [1.29, 1.82) is 0 Å². The Kier molecular flexibility index (Phi) is 10.4. The Morgan fingerprint density at radius 1 is 0.941 bits per heavy atom. The van der Waals surface area contributed by atoms with E-state index in [1.165, 1.54) is 16.8 Å². The van der Waals surface area contributed by atoms with Gasteiger partial charge in [-0.3, -0.25) is 23.6 Å². The standard InChI is InChI=1S/C37H43N7O6Si/c1-40-12-14-41(15-13-40)35(46)27-10-11-32-28(18-27)20-33(44(32)37(48)49)31-19-29(23-42(36(31)47)25-50-16-17-51(2,3)4)34(45)39-30-21-38-43(24-30)22-26-8-6-5-7-9-26/h5-11,18-21,23-24H,12-17,22,25H2,1-4H3,(H,39,45)(H,48,49). The quantitative estimate of drug-likeness (QED) is 0.141. The van der Waals surface area contributed by atoms with E-state index >= 15 is 0 Å². The van der Waals surface area contributed by atoms with Gasteiger partial charge in [0.05, 0.1) is 40.8 Å². The number of anilines is 1. The lowest BCUT2D eigenvalue weighted by atomic mass is 10.1. The number of carboxylic acid groups (broad SMARTS) is 1. The summed E-state index contributed by atoms with van der Waals surface area (Å²) >= 11 is 0. The second-order valence-electron chi connectivity index (χ2n) is 14.1. The highest BCUT2D eigenvalue weighted by molar-refractivity contribution is 6.76. The van der Waals surface area contributed by atoms with Crippen LogP contribution in [0.4, 0.5) is 10.5 Å². The minimum atomic E-state index is -1.42. The van der Waals surface area contributed by atoms with E-state index in [0.717, 1.165) is 29.3 Å². The lowest BCUT2D eigenvalue weighted by Gasteiger charge is -2.32. The average molecular weight is 710 g/mol. The number of aromatic nitrogens is 4. The molecule has 2 amide bonds. The van der Waals surface area contributed by atoms with Crippen molar-refractivity contribution in [3.05, 3.63) is 106 Å². The van der Waals surface area contributed by atoms with Gasteiger partial charge in [0, 0.05) is 64.2 Å². The summed E-state index contributed by atoms with van der Waals surface area (Å²) in [4.78, 5) is 57.7. The molecule has 13 nitrogen and oxygen atoms in total. The third-order valence-electron chi connectivity index (χ3n) is 8.96. The van der Waals surface area contributed by atoms with E-state index in [9.17, 15) is 24.3 Å². The molecule has 0 aliphatic carbocycles. The molecular weight excluding hydrogens is 667 g/mol. The van der Waals surface area contributed by atoms with Gasteiger partial charge in [-0.15, -0.1) is 0 Å². The predicted molar refractivity (Wildman–Crippen MR) is 198 cm³/mol.